The molecule has 0 aliphatic carbocycles. The molecule has 1 aromatic rings. The summed E-state index contributed by atoms with van der Waals surface area (Å²) in [7, 11) is 1.53. The number of rotatable bonds is 6. The van der Waals surface area contributed by atoms with E-state index in [0.717, 1.165) is 0 Å². The number of halogens is 1. The lowest BCUT2D eigenvalue weighted by molar-refractivity contribution is 0.144. The third kappa shape index (κ3) is 4.66. The molecule has 0 aromatic heterocycles. The van der Waals surface area contributed by atoms with E-state index < -0.39 is 5.82 Å². The lowest BCUT2D eigenvalue weighted by Crippen LogP contribution is -2.05. The number of nitrogens with zero attached hydrogens (tertiary/aromatic N) is 2. The van der Waals surface area contributed by atoms with Crippen molar-refractivity contribution in [1.82, 2.24) is 0 Å². The molecule has 0 saturated heterocycles. The number of benzene rings is 1. The van der Waals surface area contributed by atoms with Gasteiger partial charge in [-0.05, 0) is 12.1 Å². The van der Waals surface area contributed by atoms with Gasteiger partial charge in [0.15, 0.2) is 11.6 Å². The Bertz CT molecular complexity index is 528. The molecule has 0 aliphatic heterocycles. The summed E-state index contributed by atoms with van der Waals surface area (Å²) in [5.74, 6) is -0.419. The average Bonchev–Trinajstić information content (AvgIpc) is 2.42. The average molecular weight is 261 g/mol. The fourth-order valence-corrected chi connectivity index (χ4v) is 1.19. The zero-order valence-corrected chi connectivity index (χ0v) is 10.3. The fourth-order valence-electron chi connectivity index (χ4n) is 1.19. The van der Waals surface area contributed by atoms with Gasteiger partial charge >= 0.3 is 0 Å². The maximum absolute atomic E-state index is 13.6. The van der Waals surface area contributed by atoms with Crippen LogP contribution in [0.4, 0.5) is 10.1 Å². The Balaban J connectivity index is 2.70. The van der Waals surface area contributed by atoms with Gasteiger partial charge in [-0.1, -0.05) is 0 Å². The van der Waals surface area contributed by atoms with Crippen molar-refractivity contribution in [3.05, 3.63) is 35.8 Å². The zero-order valence-electron chi connectivity index (χ0n) is 10.3. The first-order valence-electron chi connectivity index (χ1n) is 5.39. The minimum Gasteiger partial charge on any atom is -0.488 e. The largest absolute Gasteiger partial charge is 0.488 e. The van der Waals surface area contributed by atoms with Gasteiger partial charge in [0.1, 0.15) is 24.3 Å². The van der Waals surface area contributed by atoms with E-state index in [1.54, 1.807) is 18.2 Å². The van der Waals surface area contributed by atoms with Crippen LogP contribution in [-0.4, -0.2) is 20.3 Å². The molecular formula is C13H12FN3O2. The molecule has 1 rings (SSSR count). The molecule has 1 aromatic carbocycles. The summed E-state index contributed by atoms with van der Waals surface area (Å²) in [4.78, 5) is 0. The monoisotopic (exact) mass is 261 g/mol. The standard InChI is InChI=1S/C13H12FN3O2/c1-18-4-5-19-13-3-2-11(6-12(13)14)17-9-10(7-15)8-16/h2-3,6,9,17H,4-5H2,1H3. The maximum atomic E-state index is 13.6. The number of hydrogen-bond acceptors (Lipinski definition) is 5. The van der Waals surface area contributed by atoms with Crippen LogP contribution in [0.1, 0.15) is 0 Å². The number of methoxy groups -OCH3 is 1. The molecule has 1 N–H and O–H groups in total. The lowest BCUT2D eigenvalue weighted by atomic mass is 10.3. The molecule has 0 fully saturated rings. The molecule has 0 aliphatic rings. The molecule has 0 spiro atoms. The van der Waals surface area contributed by atoms with Gasteiger partial charge in [-0.3, -0.25) is 0 Å². The Kier molecular flexibility index (Phi) is 5.87. The first-order valence-corrected chi connectivity index (χ1v) is 5.39. The summed E-state index contributed by atoms with van der Waals surface area (Å²) in [6.07, 6.45) is 1.21. The number of ether oxygens (including phenoxy) is 2. The van der Waals surface area contributed by atoms with Crippen LogP contribution in [-0.2, 0) is 4.74 Å². The van der Waals surface area contributed by atoms with Crippen LogP contribution >= 0.6 is 0 Å². The van der Waals surface area contributed by atoms with Gasteiger partial charge in [-0.25, -0.2) is 4.39 Å². The van der Waals surface area contributed by atoms with Crippen LogP contribution in [0.3, 0.4) is 0 Å². The highest BCUT2D eigenvalue weighted by molar-refractivity contribution is 5.51. The predicted molar refractivity (Wildman–Crippen MR) is 66.7 cm³/mol. The van der Waals surface area contributed by atoms with Gasteiger partial charge in [0.05, 0.1) is 6.61 Å². The first kappa shape index (κ1) is 14.5. The Morgan fingerprint density at radius 1 is 1.37 bits per heavy atom. The number of nitriles is 2. The Morgan fingerprint density at radius 3 is 2.68 bits per heavy atom. The van der Waals surface area contributed by atoms with Gasteiger partial charge in [0.25, 0.3) is 0 Å². The van der Waals surface area contributed by atoms with E-state index in [1.807, 2.05) is 0 Å². The highest BCUT2D eigenvalue weighted by atomic mass is 19.1. The van der Waals surface area contributed by atoms with Crippen molar-refractivity contribution in [2.24, 2.45) is 0 Å². The van der Waals surface area contributed by atoms with E-state index in [1.165, 1.54) is 25.4 Å². The van der Waals surface area contributed by atoms with Gasteiger partial charge in [-0.15, -0.1) is 0 Å². The zero-order chi connectivity index (χ0) is 14.1. The quantitative estimate of drug-likeness (QED) is 0.627. The second-order valence-electron chi connectivity index (χ2n) is 3.41. The molecule has 0 saturated carbocycles. The van der Waals surface area contributed by atoms with Crippen LogP contribution in [0.25, 0.3) is 0 Å². The Labute approximate surface area is 110 Å². The van der Waals surface area contributed by atoms with E-state index in [2.05, 4.69) is 5.32 Å². The van der Waals surface area contributed by atoms with Crippen molar-refractivity contribution in [2.45, 2.75) is 0 Å². The highest BCUT2D eigenvalue weighted by Gasteiger charge is 2.04. The second-order valence-corrected chi connectivity index (χ2v) is 3.41. The van der Waals surface area contributed by atoms with Crippen molar-refractivity contribution in [3.8, 4) is 17.9 Å². The van der Waals surface area contributed by atoms with Crippen molar-refractivity contribution >= 4 is 5.69 Å². The molecule has 0 heterocycles. The predicted octanol–water partition coefficient (Wildman–Crippen LogP) is 2.19. The SMILES string of the molecule is COCCOc1ccc(NC=C(C#N)C#N)cc1F. The molecule has 5 nitrogen and oxygen atoms in total. The number of anilines is 1. The van der Waals surface area contributed by atoms with Gasteiger partial charge in [0, 0.05) is 25.1 Å². The van der Waals surface area contributed by atoms with E-state index in [-0.39, 0.29) is 17.9 Å². The van der Waals surface area contributed by atoms with Crippen molar-refractivity contribution < 1.29 is 13.9 Å². The lowest BCUT2D eigenvalue weighted by Gasteiger charge is -2.08. The third-order valence-electron chi connectivity index (χ3n) is 2.10. The molecule has 98 valence electrons. The molecule has 19 heavy (non-hydrogen) atoms. The number of hydrogen-bond donors (Lipinski definition) is 1. The van der Waals surface area contributed by atoms with E-state index in [4.69, 9.17) is 20.0 Å². The molecular weight excluding hydrogens is 249 g/mol. The normalized spacial score (nSPS) is 9.05. The molecule has 6 heteroatoms. The minimum absolute atomic E-state index is 0.0965. The highest BCUT2D eigenvalue weighted by Crippen LogP contribution is 2.21. The van der Waals surface area contributed by atoms with Crippen molar-refractivity contribution in [2.75, 3.05) is 25.6 Å². The van der Waals surface area contributed by atoms with Gasteiger partial charge < -0.3 is 14.8 Å². The molecule has 0 amide bonds. The minimum atomic E-state index is -0.537. The first-order chi connectivity index (χ1) is 9.21. The van der Waals surface area contributed by atoms with E-state index in [9.17, 15) is 4.39 Å². The molecule has 0 unspecified atom stereocenters. The Hall–Kier alpha value is -2.57. The summed E-state index contributed by atoms with van der Waals surface area (Å²) in [5.41, 5.74) is 0.320. The summed E-state index contributed by atoms with van der Waals surface area (Å²) >= 11 is 0. The van der Waals surface area contributed by atoms with Crippen LogP contribution in [0.2, 0.25) is 0 Å². The van der Waals surface area contributed by atoms with Crippen LogP contribution in [0.5, 0.6) is 5.75 Å². The number of allylic oxidation sites excluding steroid dienone is 1. The topological polar surface area (TPSA) is 78.1 Å². The molecule has 0 atom stereocenters. The Morgan fingerprint density at radius 2 is 2.11 bits per heavy atom. The summed E-state index contributed by atoms with van der Waals surface area (Å²) in [6.45, 7) is 0.628. The summed E-state index contributed by atoms with van der Waals surface area (Å²) in [6, 6.07) is 7.62. The van der Waals surface area contributed by atoms with Crippen LogP contribution in [0.15, 0.2) is 30.0 Å². The van der Waals surface area contributed by atoms with Crippen LogP contribution in [0, 0.1) is 28.5 Å². The second kappa shape index (κ2) is 7.70. The molecule has 0 bridgehead atoms. The van der Waals surface area contributed by atoms with Crippen molar-refractivity contribution in [3.63, 3.8) is 0 Å². The van der Waals surface area contributed by atoms with E-state index in [0.29, 0.717) is 12.3 Å². The smallest absolute Gasteiger partial charge is 0.167 e. The molecule has 0 radical (unpaired) electrons. The number of nitrogens with one attached hydrogen (secondary N) is 1. The van der Waals surface area contributed by atoms with E-state index >= 15 is 0 Å². The fraction of sp³-hybridized carbons (Fsp3) is 0.231. The maximum Gasteiger partial charge on any atom is 0.167 e. The summed E-state index contributed by atoms with van der Waals surface area (Å²) < 4.78 is 23.5. The van der Waals surface area contributed by atoms with Gasteiger partial charge in [-0.2, -0.15) is 10.5 Å². The third-order valence-corrected chi connectivity index (χ3v) is 2.10. The summed E-state index contributed by atoms with van der Waals surface area (Å²) in [5, 5.41) is 19.7. The van der Waals surface area contributed by atoms with Crippen molar-refractivity contribution in [1.29, 1.82) is 10.5 Å². The van der Waals surface area contributed by atoms with Crippen LogP contribution < -0.4 is 10.1 Å². The van der Waals surface area contributed by atoms with Gasteiger partial charge in [0.2, 0.25) is 0 Å².